The number of ether oxygens (including phenoxy) is 3. The Morgan fingerprint density at radius 3 is 2.72 bits per heavy atom. The third-order valence-electron chi connectivity index (χ3n) is 7.37. The van der Waals surface area contributed by atoms with Crippen molar-refractivity contribution in [2.45, 2.75) is 50.7 Å². The topological polar surface area (TPSA) is 73.4 Å². The molecule has 1 saturated heterocycles. The average Bonchev–Trinajstić information content (AvgIpc) is 3.42. The van der Waals surface area contributed by atoms with Crippen molar-refractivity contribution in [1.29, 1.82) is 0 Å². The van der Waals surface area contributed by atoms with Crippen LogP contribution >= 0.6 is 0 Å². The van der Waals surface area contributed by atoms with E-state index in [0.717, 1.165) is 25.7 Å². The number of fused-ring (bicyclic) bond motifs is 3. The number of carbonyl (C=O) groups is 1. The fourth-order valence-corrected chi connectivity index (χ4v) is 6.02. The molecule has 0 radical (unpaired) electrons. The van der Waals surface area contributed by atoms with Crippen LogP contribution in [0.25, 0.3) is 0 Å². The molecule has 3 aliphatic rings. The van der Waals surface area contributed by atoms with Gasteiger partial charge in [-0.2, -0.15) is 5.10 Å². The number of aryl methyl sites for hydroxylation is 1. The van der Waals surface area contributed by atoms with E-state index < -0.39 is 5.79 Å². The Hall–Kier alpha value is -2.18. The number of nitrogens with one attached hydrogen (secondary N) is 1. The van der Waals surface area contributed by atoms with Crippen LogP contribution in [0.5, 0.6) is 0 Å². The van der Waals surface area contributed by atoms with Gasteiger partial charge in [-0.05, 0) is 55.4 Å². The number of aromatic nitrogens is 2. The van der Waals surface area contributed by atoms with E-state index in [-0.39, 0.29) is 17.3 Å². The summed E-state index contributed by atoms with van der Waals surface area (Å²) in [6.07, 6.45) is 5.83. The molecule has 6 heteroatoms. The highest BCUT2D eigenvalue weighted by atomic mass is 16.7. The van der Waals surface area contributed by atoms with Gasteiger partial charge in [-0.25, -0.2) is 4.79 Å². The SMILES string of the molecule is CCOC(=O)c1ccc(C23CCC4(OCCO4)[C@@H](C)[C@@H]2CCc2cn[nH]c23)cc1. The van der Waals surface area contributed by atoms with Crippen molar-refractivity contribution in [3.8, 4) is 0 Å². The molecule has 2 heterocycles. The Balaban J connectivity index is 1.58. The summed E-state index contributed by atoms with van der Waals surface area (Å²) in [5.74, 6) is -0.102. The summed E-state index contributed by atoms with van der Waals surface area (Å²) < 4.78 is 17.5. The first-order valence-electron chi connectivity index (χ1n) is 10.7. The summed E-state index contributed by atoms with van der Waals surface area (Å²) in [6, 6.07) is 7.97. The minimum atomic E-state index is -0.462. The summed E-state index contributed by atoms with van der Waals surface area (Å²) in [5, 5.41) is 7.72. The number of hydrogen-bond acceptors (Lipinski definition) is 5. The van der Waals surface area contributed by atoms with Gasteiger partial charge in [0.2, 0.25) is 0 Å². The smallest absolute Gasteiger partial charge is 0.338 e. The van der Waals surface area contributed by atoms with E-state index in [2.05, 4.69) is 29.3 Å². The Kier molecular flexibility index (Phi) is 4.51. The van der Waals surface area contributed by atoms with Crippen LogP contribution < -0.4 is 0 Å². The molecule has 154 valence electrons. The zero-order valence-corrected chi connectivity index (χ0v) is 17.1. The second-order valence-electron chi connectivity index (χ2n) is 8.48. The molecule has 0 amide bonds. The molecule has 29 heavy (non-hydrogen) atoms. The van der Waals surface area contributed by atoms with Crippen LogP contribution in [0.1, 0.15) is 60.3 Å². The molecular formula is C23H28N2O4. The van der Waals surface area contributed by atoms with Gasteiger partial charge in [-0.3, -0.25) is 5.10 Å². The number of esters is 1. The number of aromatic amines is 1. The largest absolute Gasteiger partial charge is 0.462 e. The molecule has 3 atom stereocenters. The first-order chi connectivity index (χ1) is 14.1. The first kappa shape index (κ1) is 18.8. The van der Waals surface area contributed by atoms with Gasteiger partial charge in [0.05, 0.1) is 31.6 Å². The molecule has 2 aliphatic carbocycles. The van der Waals surface area contributed by atoms with Gasteiger partial charge in [0, 0.05) is 23.4 Å². The van der Waals surface area contributed by atoms with Crippen molar-refractivity contribution >= 4 is 5.97 Å². The monoisotopic (exact) mass is 396 g/mol. The van der Waals surface area contributed by atoms with Crippen LogP contribution in [0, 0.1) is 11.8 Å². The van der Waals surface area contributed by atoms with E-state index >= 15 is 0 Å². The molecule has 1 unspecified atom stereocenters. The highest BCUT2D eigenvalue weighted by Gasteiger charge is 2.60. The molecule has 6 nitrogen and oxygen atoms in total. The van der Waals surface area contributed by atoms with Crippen LogP contribution in [-0.2, 0) is 26.0 Å². The molecule has 1 N–H and O–H groups in total. The van der Waals surface area contributed by atoms with Gasteiger partial charge in [0.15, 0.2) is 5.79 Å². The molecule has 1 saturated carbocycles. The van der Waals surface area contributed by atoms with E-state index in [9.17, 15) is 4.79 Å². The molecule has 2 fully saturated rings. The Labute approximate surface area is 170 Å². The van der Waals surface area contributed by atoms with Gasteiger partial charge in [-0.1, -0.05) is 19.1 Å². The lowest BCUT2D eigenvalue weighted by atomic mass is 9.52. The average molecular weight is 396 g/mol. The van der Waals surface area contributed by atoms with Gasteiger partial charge in [0.1, 0.15) is 0 Å². The highest BCUT2D eigenvalue weighted by Crippen LogP contribution is 2.59. The number of benzene rings is 1. The lowest BCUT2D eigenvalue weighted by Gasteiger charge is -2.55. The summed E-state index contributed by atoms with van der Waals surface area (Å²) in [6.45, 7) is 5.83. The molecule has 1 spiro atoms. The number of H-pyrrole nitrogens is 1. The quantitative estimate of drug-likeness (QED) is 0.803. The molecule has 1 aromatic heterocycles. The van der Waals surface area contributed by atoms with E-state index in [1.165, 1.54) is 16.8 Å². The van der Waals surface area contributed by atoms with E-state index in [1.54, 1.807) is 0 Å². The van der Waals surface area contributed by atoms with Crippen LogP contribution in [0.2, 0.25) is 0 Å². The summed E-state index contributed by atoms with van der Waals surface area (Å²) >= 11 is 0. The zero-order chi connectivity index (χ0) is 20.1. The predicted octanol–water partition coefficient (Wildman–Crippen LogP) is 3.61. The molecule has 2 aromatic rings. The maximum atomic E-state index is 12.1. The predicted molar refractivity (Wildman–Crippen MR) is 107 cm³/mol. The zero-order valence-electron chi connectivity index (χ0n) is 17.1. The van der Waals surface area contributed by atoms with Gasteiger partial charge >= 0.3 is 5.97 Å². The number of nitrogens with zero attached hydrogens (tertiary/aromatic N) is 1. The van der Waals surface area contributed by atoms with Crippen molar-refractivity contribution < 1.29 is 19.0 Å². The summed E-state index contributed by atoms with van der Waals surface area (Å²) in [4.78, 5) is 12.1. The van der Waals surface area contributed by atoms with Crippen LogP contribution in [0.15, 0.2) is 30.5 Å². The maximum Gasteiger partial charge on any atom is 0.338 e. The standard InChI is InChI=1S/C23H28N2O4/c1-3-27-21(26)16-4-7-18(8-5-16)22-10-11-23(28-12-13-29-23)15(2)19(22)9-6-17-14-24-25-20(17)22/h4-5,7-8,14-15,19H,3,6,9-13H2,1-2H3,(H,24,25)/t15-,19-,22?/m0/s1. The van der Waals surface area contributed by atoms with Crippen molar-refractivity contribution in [1.82, 2.24) is 10.2 Å². The van der Waals surface area contributed by atoms with E-state index in [0.29, 0.717) is 31.3 Å². The molecule has 1 aliphatic heterocycles. The fourth-order valence-electron chi connectivity index (χ4n) is 6.02. The normalized spacial score (nSPS) is 30.0. The Bertz CT molecular complexity index is 900. The molecule has 0 bridgehead atoms. The number of rotatable bonds is 3. The third-order valence-corrected chi connectivity index (χ3v) is 7.37. The van der Waals surface area contributed by atoms with Gasteiger partial charge in [-0.15, -0.1) is 0 Å². The third kappa shape index (κ3) is 2.69. The lowest BCUT2D eigenvalue weighted by molar-refractivity contribution is -0.232. The number of carbonyl (C=O) groups excluding carboxylic acids is 1. The first-order valence-corrected chi connectivity index (χ1v) is 10.7. The Morgan fingerprint density at radius 2 is 2.00 bits per heavy atom. The van der Waals surface area contributed by atoms with Crippen LogP contribution in [0.4, 0.5) is 0 Å². The summed E-state index contributed by atoms with van der Waals surface area (Å²) in [5.41, 5.74) is 4.16. The fraction of sp³-hybridized carbons (Fsp3) is 0.565. The molecule has 1 aromatic carbocycles. The second-order valence-corrected chi connectivity index (χ2v) is 8.48. The molecule has 5 rings (SSSR count). The maximum absolute atomic E-state index is 12.1. The van der Waals surface area contributed by atoms with Crippen molar-refractivity contribution in [3.05, 3.63) is 52.8 Å². The van der Waals surface area contributed by atoms with Crippen LogP contribution in [0.3, 0.4) is 0 Å². The molecular weight excluding hydrogens is 368 g/mol. The minimum absolute atomic E-state index is 0.169. The van der Waals surface area contributed by atoms with Crippen molar-refractivity contribution in [3.63, 3.8) is 0 Å². The number of hydrogen-bond donors (Lipinski definition) is 1. The van der Waals surface area contributed by atoms with Gasteiger partial charge < -0.3 is 14.2 Å². The lowest BCUT2D eigenvalue weighted by Crippen LogP contribution is -2.56. The summed E-state index contributed by atoms with van der Waals surface area (Å²) in [7, 11) is 0. The second kappa shape index (κ2) is 6.96. The van der Waals surface area contributed by atoms with Gasteiger partial charge in [0.25, 0.3) is 0 Å². The van der Waals surface area contributed by atoms with Crippen LogP contribution in [-0.4, -0.2) is 41.8 Å². The van der Waals surface area contributed by atoms with E-state index in [1.807, 2.05) is 25.3 Å². The Morgan fingerprint density at radius 1 is 1.24 bits per heavy atom. The van der Waals surface area contributed by atoms with Crippen molar-refractivity contribution in [2.75, 3.05) is 19.8 Å². The van der Waals surface area contributed by atoms with E-state index in [4.69, 9.17) is 14.2 Å². The van der Waals surface area contributed by atoms with Crippen molar-refractivity contribution in [2.24, 2.45) is 11.8 Å². The highest BCUT2D eigenvalue weighted by molar-refractivity contribution is 5.89. The minimum Gasteiger partial charge on any atom is -0.462 e.